The monoisotopic (exact) mass is 258 g/mol. The maximum absolute atomic E-state index is 10.2. The van der Waals surface area contributed by atoms with Crippen molar-refractivity contribution in [2.75, 3.05) is 0 Å². The van der Waals surface area contributed by atoms with Crippen LogP contribution in [0.3, 0.4) is 0 Å². The Bertz CT molecular complexity index is 549. The van der Waals surface area contributed by atoms with E-state index in [0.717, 1.165) is 16.3 Å². The lowest BCUT2D eigenvalue weighted by atomic mass is 9.83. The molecule has 0 saturated carbocycles. The fraction of sp³-hybridized carbons (Fsp3) is 0.412. The van der Waals surface area contributed by atoms with Crippen LogP contribution in [0.5, 0.6) is 0 Å². The van der Waals surface area contributed by atoms with Gasteiger partial charge in [-0.3, -0.25) is 0 Å². The van der Waals surface area contributed by atoms with Crippen molar-refractivity contribution in [1.82, 2.24) is 0 Å². The molecule has 0 radical (unpaired) electrons. The van der Waals surface area contributed by atoms with Crippen molar-refractivity contribution in [1.29, 1.82) is 0 Å². The normalized spacial score (nSPS) is 15.4. The number of aliphatic hydroxyl groups is 2. The lowest BCUT2D eigenvalue weighted by Crippen LogP contribution is -2.38. The number of benzene rings is 2. The maximum Gasteiger partial charge on any atom is 0.0850 e. The van der Waals surface area contributed by atoms with Gasteiger partial charge in [0.2, 0.25) is 0 Å². The minimum Gasteiger partial charge on any atom is -0.390 e. The van der Waals surface area contributed by atoms with Crippen LogP contribution in [0.4, 0.5) is 0 Å². The summed E-state index contributed by atoms with van der Waals surface area (Å²) in [7, 11) is 0. The summed E-state index contributed by atoms with van der Waals surface area (Å²) < 4.78 is 0. The van der Waals surface area contributed by atoms with Crippen LogP contribution in [-0.4, -0.2) is 22.4 Å². The Morgan fingerprint density at radius 3 is 2.26 bits per heavy atom. The topological polar surface area (TPSA) is 40.5 Å². The first-order chi connectivity index (χ1) is 8.89. The molecule has 2 unspecified atom stereocenters. The smallest absolute Gasteiger partial charge is 0.0850 e. The first kappa shape index (κ1) is 14.0. The van der Waals surface area contributed by atoms with Gasteiger partial charge in [0.15, 0.2) is 0 Å². The molecule has 0 saturated heterocycles. The van der Waals surface area contributed by atoms with Gasteiger partial charge in [0, 0.05) is 6.42 Å². The van der Waals surface area contributed by atoms with Gasteiger partial charge in [-0.05, 0) is 21.8 Å². The van der Waals surface area contributed by atoms with Crippen molar-refractivity contribution >= 4 is 10.8 Å². The molecule has 19 heavy (non-hydrogen) atoms. The molecular formula is C17H22O2. The fourth-order valence-electron chi connectivity index (χ4n) is 2.38. The Morgan fingerprint density at radius 1 is 0.947 bits per heavy atom. The number of aliphatic hydroxyl groups excluding tert-OH is 2. The first-order valence-corrected chi connectivity index (χ1v) is 6.72. The lowest BCUT2D eigenvalue weighted by molar-refractivity contribution is -0.0432. The second-order valence-corrected chi connectivity index (χ2v) is 6.22. The second kappa shape index (κ2) is 5.32. The molecule has 2 heteroatoms. The van der Waals surface area contributed by atoms with Crippen molar-refractivity contribution in [2.45, 2.75) is 39.4 Å². The standard InChI is InChI=1S/C17H22O2/c1-17(2,3)16(19)15(18)11-13-9-6-8-12-7-4-5-10-14(12)13/h4-10,15-16,18-19H,11H2,1-3H3. The van der Waals surface area contributed by atoms with Gasteiger partial charge in [-0.2, -0.15) is 0 Å². The van der Waals surface area contributed by atoms with Crippen LogP contribution >= 0.6 is 0 Å². The maximum atomic E-state index is 10.2. The molecular weight excluding hydrogens is 236 g/mol. The van der Waals surface area contributed by atoms with E-state index in [2.05, 4.69) is 18.2 Å². The first-order valence-electron chi connectivity index (χ1n) is 6.72. The summed E-state index contributed by atoms with van der Waals surface area (Å²) in [5.74, 6) is 0. The van der Waals surface area contributed by atoms with Crippen LogP contribution in [0.2, 0.25) is 0 Å². The highest BCUT2D eigenvalue weighted by Gasteiger charge is 2.29. The summed E-state index contributed by atoms with van der Waals surface area (Å²) in [6, 6.07) is 14.2. The van der Waals surface area contributed by atoms with Gasteiger partial charge >= 0.3 is 0 Å². The van der Waals surface area contributed by atoms with Crippen LogP contribution in [-0.2, 0) is 6.42 Å². The predicted molar refractivity (Wildman–Crippen MR) is 79.1 cm³/mol. The van der Waals surface area contributed by atoms with E-state index in [1.54, 1.807) is 0 Å². The van der Waals surface area contributed by atoms with Crippen LogP contribution in [0.1, 0.15) is 26.3 Å². The molecule has 0 spiro atoms. The minimum absolute atomic E-state index is 0.315. The molecule has 0 heterocycles. The highest BCUT2D eigenvalue weighted by Crippen LogP contribution is 2.26. The summed E-state index contributed by atoms with van der Waals surface area (Å²) in [6.45, 7) is 5.80. The Kier molecular flexibility index (Phi) is 3.93. The molecule has 2 N–H and O–H groups in total. The third kappa shape index (κ3) is 3.14. The van der Waals surface area contributed by atoms with Gasteiger partial charge in [0.25, 0.3) is 0 Å². The van der Waals surface area contributed by atoms with Gasteiger partial charge in [-0.25, -0.2) is 0 Å². The molecule has 0 amide bonds. The van der Waals surface area contributed by atoms with Gasteiger partial charge in [-0.15, -0.1) is 0 Å². The largest absolute Gasteiger partial charge is 0.390 e. The molecule has 0 aromatic heterocycles. The lowest BCUT2D eigenvalue weighted by Gasteiger charge is -2.30. The third-order valence-corrected chi connectivity index (χ3v) is 3.56. The number of hydrogen-bond donors (Lipinski definition) is 2. The fourth-order valence-corrected chi connectivity index (χ4v) is 2.38. The van der Waals surface area contributed by atoms with Crippen LogP contribution in [0.25, 0.3) is 10.8 Å². The highest BCUT2D eigenvalue weighted by atomic mass is 16.3. The van der Waals surface area contributed by atoms with Crippen molar-refractivity contribution in [3.63, 3.8) is 0 Å². The number of fused-ring (bicyclic) bond motifs is 1. The number of hydrogen-bond acceptors (Lipinski definition) is 2. The predicted octanol–water partition coefficient (Wildman–Crippen LogP) is 3.15. The van der Waals surface area contributed by atoms with Gasteiger partial charge < -0.3 is 10.2 Å². The zero-order chi connectivity index (χ0) is 14.0. The zero-order valence-corrected chi connectivity index (χ0v) is 11.8. The van der Waals surface area contributed by atoms with Gasteiger partial charge in [0.05, 0.1) is 12.2 Å². The zero-order valence-electron chi connectivity index (χ0n) is 11.8. The van der Waals surface area contributed by atoms with Gasteiger partial charge in [-0.1, -0.05) is 63.2 Å². The average Bonchev–Trinajstić information content (AvgIpc) is 2.37. The Labute approximate surface area is 114 Å². The Balaban J connectivity index is 2.27. The van der Waals surface area contributed by atoms with Crippen molar-refractivity contribution in [3.05, 3.63) is 48.0 Å². The second-order valence-electron chi connectivity index (χ2n) is 6.22. The molecule has 0 fully saturated rings. The van der Waals surface area contributed by atoms with E-state index in [1.165, 1.54) is 0 Å². The van der Waals surface area contributed by atoms with Crippen LogP contribution < -0.4 is 0 Å². The van der Waals surface area contributed by atoms with Crippen molar-refractivity contribution in [3.8, 4) is 0 Å². The quantitative estimate of drug-likeness (QED) is 0.888. The van der Waals surface area contributed by atoms with Crippen molar-refractivity contribution < 1.29 is 10.2 Å². The molecule has 0 aliphatic heterocycles. The van der Waals surface area contributed by atoms with E-state index in [4.69, 9.17) is 0 Å². The van der Waals surface area contributed by atoms with E-state index in [9.17, 15) is 10.2 Å². The summed E-state index contributed by atoms with van der Waals surface area (Å²) in [5.41, 5.74) is 0.762. The molecule has 2 nitrogen and oxygen atoms in total. The summed E-state index contributed by atoms with van der Waals surface area (Å²) >= 11 is 0. The van der Waals surface area contributed by atoms with E-state index >= 15 is 0 Å². The third-order valence-electron chi connectivity index (χ3n) is 3.56. The van der Waals surface area contributed by atoms with Crippen LogP contribution in [0, 0.1) is 5.41 Å². The Morgan fingerprint density at radius 2 is 1.58 bits per heavy atom. The minimum atomic E-state index is -0.745. The van der Waals surface area contributed by atoms with E-state index in [0.29, 0.717) is 6.42 Å². The van der Waals surface area contributed by atoms with Crippen molar-refractivity contribution in [2.24, 2.45) is 5.41 Å². The molecule has 0 aliphatic rings. The summed E-state index contributed by atoms with van der Waals surface area (Å²) in [5, 5.41) is 22.7. The summed E-state index contributed by atoms with van der Waals surface area (Å²) in [4.78, 5) is 0. The SMILES string of the molecule is CC(C)(C)C(O)C(O)Cc1cccc2ccccc12. The molecule has 2 atom stereocenters. The van der Waals surface area contributed by atoms with Crippen LogP contribution in [0.15, 0.2) is 42.5 Å². The van der Waals surface area contributed by atoms with E-state index in [1.807, 2.05) is 45.0 Å². The van der Waals surface area contributed by atoms with E-state index in [-0.39, 0.29) is 5.41 Å². The highest BCUT2D eigenvalue weighted by molar-refractivity contribution is 5.85. The van der Waals surface area contributed by atoms with Gasteiger partial charge in [0.1, 0.15) is 0 Å². The van der Waals surface area contributed by atoms with E-state index < -0.39 is 12.2 Å². The molecule has 0 aliphatic carbocycles. The summed E-state index contributed by atoms with van der Waals surface area (Å²) in [6.07, 6.45) is -1.00. The molecule has 102 valence electrons. The number of rotatable bonds is 3. The molecule has 2 rings (SSSR count). The molecule has 2 aromatic carbocycles. The Hall–Kier alpha value is -1.38. The average molecular weight is 258 g/mol. The molecule has 0 bridgehead atoms. The molecule has 2 aromatic rings.